The summed E-state index contributed by atoms with van der Waals surface area (Å²) < 4.78 is 1.08. The van der Waals surface area contributed by atoms with E-state index in [0.717, 1.165) is 21.4 Å². The molecule has 0 atom stereocenters. The molecule has 0 radical (unpaired) electrons. The van der Waals surface area contributed by atoms with Crippen molar-refractivity contribution in [3.05, 3.63) is 64.6 Å². The summed E-state index contributed by atoms with van der Waals surface area (Å²) in [6.07, 6.45) is 0. The fourth-order valence-electron chi connectivity index (χ4n) is 1.47. The molecule has 0 amide bonds. The second kappa shape index (κ2) is 5.08. The van der Waals surface area contributed by atoms with Crippen LogP contribution in [0.1, 0.15) is 12.5 Å². The lowest BCUT2D eigenvalue weighted by atomic mass is 10.1. The average Bonchev–Trinajstić information content (AvgIpc) is 2.30. The van der Waals surface area contributed by atoms with Gasteiger partial charge in [0.25, 0.3) is 0 Å². The van der Waals surface area contributed by atoms with Crippen LogP contribution in [0, 0.1) is 0 Å². The van der Waals surface area contributed by atoms with Crippen LogP contribution >= 0.6 is 15.9 Å². The molecule has 2 aromatic rings. The molecule has 2 heteroatoms. The summed E-state index contributed by atoms with van der Waals surface area (Å²) in [5, 5.41) is 0. The molecular formula is C14H12BrN. The van der Waals surface area contributed by atoms with E-state index in [1.807, 2.05) is 49.4 Å². The van der Waals surface area contributed by atoms with Crippen LogP contribution < -0.4 is 0 Å². The van der Waals surface area contributed by atoms with E-state index in [-0.39, 0.29) is 0 Å². The maximum atomic E-state index is 4.57. The van der Waals surface area contributed by atoms with Gasteiger partial charge in [0.05, 0.1) is 5.69 Å². The molecule has 0 bridgehead atoms. The smallest absolute Gasteiger partial charge is 0.0633 e. The summed E-state index contributed by atoms with van der Waals surface area (Å²) >= 11 is 3.46. The van der Waals surface area contributed by atoms with Crippen LogP contribution in [0.5, 0.6) is 0 Å². The van der Waals surface area contributed by atoms with E-state index in [1.54, 1.807) is 0 Å². The second-order valence-electron chi connectivity index (χ2n) is 3.54. The lowest BCUT2D eigenvalue weighted by molar-refractivity contribution is 1.47. The van der Waals surface area contributed by atoms with Crippen molar-refractivity contribution in [2.24, 2.45) is 4.99 Å². The molecule has 0 aliphatic carbocycles. The molecule has 0 spiro atoms. The van der Waals surface area contributed by atoms with Gasteiger partial charge in [-0.3, -0.25) is 4.99 Å². The zero-order chi connectivity index (χ0) is 11.4. The summed E-state index contributed by atoms with van der Waals surface area (Å²) in [5.41, 5.74) is 3.14. The molecule has 16 heavy (non-hydrogen) atoms. The highest BCUT2D eigenvalue weighted by Gasteiger charge is 1.98. The van der Waals surface area contributed by atoms with Crippen molar-refractivity contribution in [1.29, 1.82) is 0 Å². The van der Waals surface area contributed by atoms with Gasteiger partial charge in [-0.25, -0.2) is 0 Å². The first-order chi connectivity index (χ1) is 7.75. The highest BCUT2D eigenvalue weighted by molar-refractivity contribution is 9.10. The molecule has 0 aliphatic rings. The van der Waals surface area contributed by atoms with Crippen molar-refractivity contribution in [2.75, 3.05) is 0 Å². The van der Waals surface area contributed by atoms with E-state index in [9.17, 15) is 0 Å². The van der Waals surface area contributed by atoms with E-state index in [2.05, 4.69) is 33.1 Å². The minimum Gasteiger partial charge on any atom is -0.253 e. The number of benzene rings is 2. The predicted molar refractivity (Wildman–Crippen MR) is 72.5 cm³/mol. The Morgan fingerprint density at radius 2 is 1.75 bits per heavy atom. The molecule has 1 nitrogen and oxygen atoms in total. The normalized spacial score (nSPS) is 11.5. The first-order valence-electron chi connectivity index (χ1n) is 5.12. The van der Waals surface area contributed by atoms with Crippen LogP contribution in [0.3, 0.4) is 0 Å². The third kappa shape index (κ3) is 2.80. The molecule has 0 fully saturated rings. The SMILES string of the molecule is CC(=Nc1ccccc1)c1cccc(Br)c1. The third-order valence-corrected chi connectivity index (χ3v) is 2.79. The Hall–Kier alpha value is -1.41. The van der Waals surface area contributed by atoms with Crippen LogP contribution in [0.4, 0.5) is 5.69 Å². The van der Waals surface area contributed by atoms with Gasteiger partial charge < -0.3 is 0 Å². The molecule has 0 saturated heterocycles. The molecule has 0 aliphatic heterocycles. The van der Waals surface area contributed by atoms with Gasteiger partial charge >= 0.3 is 0 Å². The molecular weight excluding hydrogens is 262 g/mol. The predicted octanol–water partition coefficient (Wildman–Crippen LogP) is 4.59. The first-order valence-corrected chi connectivity index (χ1v) is 5.91. The number of halogens is 1. The lowest BCUT2D eigenvalue weighted by Crippen LogP contribution is -1.93. The molecule has 0 saturated carbocycles. The van der Waals surface area contributed by atoms with Crippen molar-refractivity contribution in [3.8, 4) is 0 Å². The first kappa shape index (κ1) is 11.1. The molecule has 0 heterocycles. The molecule has 2 aromatic carbocycles. The van der Waals surface area contributed by atoms with E-state index in [0.29, 0.717) is 0 Å². The Morgan fingerprint density at radius 3 is 2.44 bits per heavy atom. The number of hydrogen-bond donors (Lipinski definition) is 0. The molecule has 80 valence electrons. The average molecular weight is 274 g/mol. The van der Waals surface area contributed by atoms with Crippen molar-refractivity contribution >= 4 is 27.3 Å². The maximum Gasteiger partial charge on any atom is 0.0633 e. The number of aliphatic imine (C=N–C) groups is 1. The summed E-state index contributed by atoms with van der Waals surface area (Å²) in [6.45, 7) is 2.02. The quantitative estimate of drug-likeness (QED) is 0.710. The Morgan fingerprint density at radius 1 is 1.00 bits per heavy atom. The number of nitrogens with zero attached hydrogens (tertiary/aromatic N) is 1. The Balaban J connectivity index is 2.32. The number of rotatable bonds is 2. The van der Waals surface area contributed by atoms with Gasteiger partial charge in [-0.1, -0.05) is 46.3 Å². The second-order valence-corrected chi connectivity index (χ2v) is 4.46. The third-order valence-electron chi connectivity index (χ3n) is 2.30. The Kier molecular flexibility index (Phi) is 3.52. The maximum absolute atomic E-state index is 4.57. The van der Waals surface area contributed by atoms with Crippen LogP contribution in [0.2, 0.25) is 0 Å². The van der Waals surface area contributed by atoms with Crippen LogP contribution in [0.25, 0.3) is 0 Å². The van der Waals surface area contributed by atoms with E-state index in [1.165, 1.54) is 0 Å². The summed E-state index contributed by atoms with van der Waals surface area (Å²) in [4.78, 5) is 4.57. The summed E-state index contributed by atoms with van der Waals surface area (Å²) in [7, 11) is 0. The zero-order valence-electron chi connectivity index (χ0n) is 9.02. The number of para-hydroxylation sites is 1. The van der Waals surface area contributed by atoms with Gasteiger partial charge in [0.1, 0.15) is 0 Å². The summed E-state index contributed by atoms with van der Waals surface area (Å²) in [6, 6.07) is 18.1. The van der Waals surface area contributed by atoms with Crippen molar-refractivity contribution < 1.29 is 0 Å². The standard InChI is InChI=1S/C14H12BrN/c1-11(12-6-5-7-13(15)10-12)16-14-8-3-2-4-9-14/h2-10H,1H3. The van der Waals surface area contributed by atoms with E-state index < -0.39 is 0 Å². The number of hydrogen-bond acceptors (Lipinski definition) is 1. The van der Waals surface area contributed by atoms with Crippen LogP contribution in [-0.2, 0) is 0 Å². The van der Waals surface area contributed by atoms with Gasteiger partial charge in [-0.05, 0) is 36.8 Å². The molecule has 2 rings (SSSR count). The van der Waals surface area contributed by atoms with Gasteiger partial charge in [-0.2, -0.15) is 0 Å². The van der Waals surface area contributed by atoms with E-state index >= 15 is 0 Å². The Bertz CT molecular complexity index is 503. The van der Waals surface area contributed by atoms with Crippen LogP contribution in [-0.4, -0.2) is 5.71 Å². The van der Waals surface area contributed by atoms with Gasteiger partial charge in [0, 0.05) is 10.2 Å². The van der Waals surface area contributed by atoms with Gasteiger partial charge in [0.15, 0.2) is 0 Å². The topological polar surface area (TPSA) is 12.4 Å². The van der Waals surface area contributed by atoms with Crippen molar-refractivity contribution in [3.63, 3.8) is 0 Å². The van der Waals surface area contributed by atoms with Crippen molar-refractivity contribution in [2.45, 2.75) is 6.92 Å². The zero-order valence-corrected chi connectivity index (χ0v) is 10.6. The lowest BCUT2D eigenvalue weighted by Gasteiger charge is -2.01. The fourth-order valence-corrected chi connectivity index (χ4v) is 1.87. The highest BCUT2D eigenvalue weighted by Crippen LogP contribution is 2.16. The Labute approximate surface area is 104 Å². The fraction of sp³-hybridized carbons (Fsp3) is 0.0714. The van der Waals surface area contributed by atoms with E-state index in [4.69, 9.17) is 0 Å². The minimum atomic E-state index is 0.986. The van der Waals surface area contributed by atoms with Crippen LogP contribution in [0.15, 0.2) is 64.1 Å². The van der Waals surface area contributed by atoms with Crippen molar-refractivity contribution in [1.82, 2.24) is 0 Å². The van der Waals surface area contributed by atoms with Gasteiger partial charge in [-0.15, -0.1) is 0 Å². The highest BCUT2D eigenvalue weighted by atomic mass is 79.9. The molecule has 0 aromatic heterocycles. The minimum absolute atomic E-state index is 0.986. The monoisotopic (exact) mass is 273 g/mol. The summed E-state index contributed by atoms with van der Waals surface area (Å²) in [5.74, 6) is 0. The molecule has 0 unspecified atom stereocenters. The largest absolute Gasteiger partial charge is 0.253 e. The van der Waals surface area contributed by atoms with Gasteiger partial charge in [0.2, 0.25) is 0 Å². The molecule has 0 N–H and O–H groups in total.